The lowest BCUT2D eigenvalue weighted by molar-refractivity contribution is -0.385. The normalized spacial score (nSPS) is 15.2. The van der Waals surface area contributed by atoms with Crippen LogP contribution in [-0.2, 0) is 0 Å². The van der Waals surface area contributed by atoms with Crippen LogP contribution in [0.25, 0.3) is 0 Å². The fraction of sp³-hybridized carbons (Fsp3) is 0.444. The zero-order valence-electron chi connectivity index (χ0n) is 15.1. The molecule has 0 atom stereocenters. The van der Waals surface area contributed by atoms with E-state index in [4.69, 9.17) is 11.6 Å². The van der Waals surface area contributed by atoms with E-state index in [0.29, 0.717) is 10.6 Å². The molecule has 0 bridgehead atoms. The topological polar surface area (TPSA) is 84.2 Å². The molecule has 2 heterocycles. The van der Waals surface area contributed by atoms with Gasteiger partial charge in [-0.05, 0) is 39.7 Å². The zero-order chi connectivity index (χ0) is 18.8. The summed E-state index contributed by atoms with van der Waals surface area (Å²) in [6.45, 7) is 7.38. The van der Waals surface area contributed by atoms with Crippen LogP contribution in [0.1, 0.15) is 29.9 Å². The third kappa shape index (κ3) is 4.04. The van der Waals surface area contributed by atoms with E-state index in [1.807, 2.05) is 19.9 Å². The lowest BCUT2D eigenvalue weighted by Gasteiger charge is -2.34. The Morgan fingerprint density at radius 2 is 1.88 bits per heavy atom. The Morgan fingerprint density at radius 1 is 1.19 bits per heavy atom. The van der Waals surface area contributed by atoms with E-state index in [1.165, 1.54) is 6.07 Å². The Balaban J connectivity index is 1.66. The van der Waals surface area contributed by atoms with Crippen LogP contribution >= 0.6 is 11.6 Å². The molecular weight excluding hydrogens is 354 g/mol. The molecule has 0 aliphatic carbocycles. The molecule has 0 unspecified atom stereocenters. The number of piperidine rings is 1. The Bertz CT molecular complexity index is 814. The van der Waals surface area contributed by atoms with Crippen LogP contribution in [0.4, 0.5) is 17.2 Å². The van der Waals surface area contributed by atoms with Gasteiger partial charge in [-0.2, -0.15) is 0 Å². The molecule has 7 nitrogen and oxygen atoms in total. The number of halogens is 1. The highest BCUT2D eigenvalue weighted by molar-refractivity contribution is 6.33. The molecule has 1 aliphatic heterocycles. The van der Waals surface area contributed by atoms with Crippen LogP contribution < -0.4 is 10.2 Å². The molecule has 1 aromatic heterocycles. The van der Waals surface area contributed by atoms with Crippen LogP contribution in [0.3, 0.4) is 0 Å². The molecule has 1 saturated heterocycles. The number of nitro groups is 1. The van der Waals surface area contributed by atoms with E-state index in [1.54, 1.807) is 13.0 Å². The first-order valence-corrected chi connectivity index (χ1v) is 8.99. The summed E-state index contributed by atoms with van der Waals surface area (Å²) in [7, 11) is 0. The van der Waals surface area contributed by atoms with Crippen molar-refractivity contribution in [1.82, 2.24) is 9.97 Å². The Kier molecular flexibility index (Phi) is 5.27. The molecule has 1 aromatic carbocycles. The fourth-order valence-electron chi connectivity index (χ4n) is 3.31. The second-order valence-corrected chi connectivity index (χ2v) is 7.10. The number of aryl methyl sites for hydroxylation is 3. The molecule has 0 radical (unpaired) electrons. The highest BCUT2D eigenvalue weighted by Gasteiger charge is 2.22. The minimum Gasteiger partial charge on any atom is -0.381 e. The van der Waals surface area contributed by atoms with Gasteiger partial charge in [0.15, 0.2) is 0 Å². The third-order valence-corrected chi connectivity index (χ3v) is 4.93. The largest absolute Gasteiger partial charge is 0.381 e. The number of anilines is 2. The third-order valence-electron chi connectivity index (χ3n) is 4.61. The average Bonchev–Trinajstić information content (AvgIpc) is 2.57. The lowest BCUT2D eigenvalue weighted by Crippen LogP contribution is -2.39. The summed E-state index contributed by atoms with van der Waals surface area (Å²) in [4.78, 5) is 21.7. The standard InChI is InChI=1S/C18H22ClN5O2/c1-11-8-16(15(19)10-17(11)24(25)26)22-14-4-6-23(7-5-14)18-9-12(2)20-13(3)21-18/h8-10,14,22H,4-7H2,1-3H3. The van der Waals surface area contributed by atoms with Gasteiger partial charge in [0.2, 0.25) is 0 Å². The molecule has 26 heavy (non-hydrogen) atoms. The van der Waals surface area contributed by atoms with Gasteiger partial charge in [0.25, 0.3) is 5.69 Å². The first-order valence-electron chi connectivity index (χ1n) is 8.62. The summed E-state index contributed by atoms with van der Waals surface area (Å²) in [5.41, 5.74) is 2.37. The number of nitro benzene ring substituents is 1. The zero-order valence-corrected chi connectivity index (χ0v) is 15.9. The van der Waals surface area contributed by atoms with Crippen LogP contribution in [-0.4, -0.2) is 34.0 Å². The quantitative estimate of drug-likeness (QED) is 0.641. The SMILES string of the molecule is Cc1cc(N2CCC(Nc3cc(C)c([N+](=O)[O-])cc3Cl)CC2)nc(C)n1. The number of hydrogen-bond acceptors (Lipinski definition) is 6. The van der Waals surface area contributed by atoms with E-state index in [0.717, 1.165) is 49.0 Å². The van der Waals surface area contributed by atoms with Crippen molar-refractivity contribution in [2.24, 2.45) is 0 Å². The first kappa shape index (κ1) is 18.4. The number of rotatable bonds is 4. The van der Waals surface area contributed by atoms with Crippen molar-refractivity contribution in [3.05, 3.63) is 50.4 Å². The van der Waals surface area contributed by atoms with Crippen LogP contribution in [0.5, 0.6) is 0 Å². The van der Waals surface area contributed by atoms with Gasteiger partial charge in [-0.25, -0.2) is 9.97 Å². The molecule has 1 fully saturated rings. The van der Waals surface area contributed by atoms with Crippen molar-refractivity contribution >= 4 is 28.8 Å². The Labute approximate surface area is 157 Å². The molecule has 1 N–H and O–H groups in total. The van der Waals surface area contributed by atoms with Crippen molar-refractivity contribution < 1.29 is 4.92 Å². The maximum atomic E-state index is 11.0. The van der Waals surface area contributed by atoms with Crippen LogP contribution in [0, 0.1) is 30.9 Å². The summed E-state index contributed by atoms with van der Waals surface area (Å²) in [6, 6.07) is 5.45. The molecule has 8 heteroatoms. The van der Waals surface area contributed by atoms with E-state index in [2.05, 4.69) is 20.2 Å². The second-order valence-electron chi connectivity index (χ2n) is 6.70. The highest BCUT2D eigenvalue weighted by Crippen LogP contribution is 2.32. The predicted molar refractivity (Wildman–Crippen MR) is 103 cm³/mol. The van der Waals surface area contributed by atoms with Crippen molar-refractivity contribution in [3.8, 4) is 0 Å². The summed E-state index contributed by atoms with van der Waals surface area (Å²) >= 11 is 6.23. The van der Waals surface area contributed by atoms with Gasteiger partial charge in [0, 0.05) is 42.5 Å². The van der Waals surface area contributed by atoms with E-state index in [-0.39, 0.29) is 11.7 Å². The Morgan fingerprint density at radius 3 is 2.50 bits per heavy atom. The summed E-state index contributed by atoms with van der Waals surface area (Å²) in [5, 5.41) is 14.8. The van der Waals surface area contributed by atoms with Crippen molar-refractivity contribution in [3.63, 3.8) is 0 Å². The van der Waals surface area contributed by atoms with Crippen LogP contribution in [0.2, 0.25) is 5.02 Å². The van der Waals surface area contributed by atoms with E-state index < -0.39 is 4.92 Å². The maximum absolute atomic E-state index is 11.0. The van der Waals surface area contributed by atoms with Gasteiger partial charge in [-0.1, -0.05) is 11.6 Å². The highest BCUT2D eigenvalue weighted by atomic mass is 35.5. The Hall–Kier alpha value is -2.41. The number of benzene rings is 1. The second kappa shape index (κ2) is 7.45. The van der Waals surface area contributed by atoms with Gasteiger partial charge in [-0.15, -0.1) is 0 Å². The van der Waals surface area contributed by atoms with Crippen molar-refractivity contribution in [2.45, 2.75) is 39.7 Å². The van der Waals surface area contributed by atoms with Gasteiger partial charge < -0.3 is 10.2 Å². The first-order chi connectivity index (χ1) is 12.3. The number of aromatic nitrogens is 2. The molecule has 1 aliphatic rings. The summed E-state index contributed by atoms with van der Waals surface area (Å²) in [6.07, 6.45) is 1.88. The molecular formula is C18H22ClN5O2. The molecule has 0 spiro atoms. The van der Waals surface area contributed by atoms with Crippen LogP contribution in [0.15, 0.2) is 18.2 Å². The smallest absolute Gasteiger partial charge is 0.273 e. The number of nitrogens with zero attached hydrogens (tertiary/aromatic N) is 4. The van der Waals surface area contributed by atoms with Crippen molar-refractivity contribution in [1.29, 1.82) is 0 Å². The lowest BCUT2D eigenvalue weighted by atomic mass is 10.0. The minimum atomic E-state index is -0.408. The molecule has 3 rings (SSSR count). The van der Waals surface area contributed by atoms with Gasteiger partial charge in [0.05, 0.1) is 15.6 Å². The molecule has 2 aromatic rings. The fourth-order valence-corrected chi connectivity index (χ4v) is 3.52. The van der Waals surface area contributed by atoms with Gasteiger partial charge >= 0.3 is 0 Å². The van der Waals surface area contributed by atoms with E-state index >= 15 is 0 Å². The maximum Gasteiger partial charge on any atom is 0.273 e. The van der Waals surface area contributed by atoms with Gasteiger partial charge in [-0.3, -0.25) is 10.1 Å². The summed E-state index contributed by atoms with van der Waals surface area (Å²) in [5.74, 6) is 1.76. The van der Waals surface area contributed by atoms with E-state index in [9.17, 15) is 10.1 Å². The molecule has 138 valence electrons. The number of nitrogens with one attached hydrogen (secondary N) is 1. The molecule has 0 amide bonds. The van der Waals surface area contributed by atoms with Crippen molar-refractivity contribution in [2.75, 3.05) is 23.3 Å². The number of hydrogen-bond donors (Lipinski definition) is 1. The molecule has 0 saturated carbocycles. The monoisotopic (exact) mass is 375 g/mol. The van der Waals surface area contributed by atoms with Gasteiger partial charge in [0.1, 0.15) is 11.6 Å². The minimum absolute atomic E-state index is 0.0462. The summed E-state index contributed by atoms with van der Waals surface area (Å²) < 4.78 is 0. The average molecular weight is 376 g/mol. The predicted octanol–water partition coefficient (Wildman–Crippen LogP) is 4.04.